The molecule has 1 fully saturated rings. The Kier molecular flexibility index (Phi) is 5.17. The van der Waals surface area contributed by atoms with E-state index in [0.29, 0.717) is 23.2 Å². The summed E-state index contributed by atoms with van der Waals surface area (Å²) in [5.41, 5.74) is 1.65. The lowest BCUT2D eigenvalue weighted by molar-refractivity contribution is 0.0599. The molecule has 0 saturated carbocycles. The van der Waals surface area contributed by atoms with Crippen LogP contribution in [0.2, 0.25) is 0 Å². The van der Waals surface area contributed by atoms with Crippen molar-refractivity contribution in [3.05, 3.63) is 35.2 Å². The number of sulfone groups is 1. The number of amides is 1. The van der Waals surface area contributed by atoms with Crippen LogP contribution in [0.25, 0.3) is 0 Å². The number of hydrogen-bond donors (Lipinski definition) is 1. The minimum atomic E-state index is -3.12. The number of carbonyl (C=O) groups is 2. The maximum atomic E-state index is 12.9. The van der Waals surface area contributed by atoms with Gasteiger partial charge < -0.3 is 14.6 Å². The molecule has 8 heteroatoms. The van der Waals surface area contributed by atoms with Crippen molar-refractivity contribution < 1.29 is 22.7 Å². The van der Waals surface area contributed by atoms with Crippen molar-refractivity contribution in [1.82, 2.24) is 9.88 Å². The van der Waals surface area contributed by atoms with Gasteiger partial charge in [-0.25, -0.2) is 13.2 Å². The van der Waals surface area contributed by atoms with Crippen LogP contribution in [-0.4, -0.2) is 61.4 Å². The maximum absolute atomic E-state index is 12.9. The van der Waals surface area contributed by atoms with Crippen LogP contribution in [0, 0.1) is 13.8 Å². The third kappa shape index (κ3) is 3.38. The average molecular weight is 354 g/mol. The third-order valence-corrected chi connectivity index (χ3v) is 6.03. The van der Waals surface area contributed by atoms with E-state index in [1.54, 1.807) is 19.9 Å². The van der Waals surface area contributed by atoms with Gasteiger partial charge in [-0.15, -0.1) is 6.58 Å². The first-order chi connectivity index (χ1) is 11.2. The van der Waals surface area contributed by atoms with Crippen LogP contribution in [0.4, 0.5) is 0 Å². The van der Waals surface area contributed by atoms with E-state index in [9.17, 15) is 18.0 Å². The molecular weight excluding hydrogens is 332 g/mol. The summed E-state index contributed by atoms with van der Waals surface area (Å²) in [6.07, 6.45) is 1.97. The zero-order chi connectivity index (χ0) is 18.1. The van der Waals surface area contributed by atoms with E-state index in [1.807, 2.05) is 0 Å². The summed E-state index contributed by atoms with van der Waals surface area (Å²) >= 11 is 0. The highest BCUT2D eigenvalue weighted by atomic mass is 32.2. The number of nitrogens with zero attached hydrogens (tertiary/aromatic N) is 1. The van der Waals surface area contributed by atoms with Crippen molar-refractivity contribution >= 4 is 21.7 Å². The molecule has 0 bridgehead atoms. The number of aromatic amines is 1. The Labute approximate surface area is 141 Å². The molecule has 1 aliphatic rings. The summed E-state index contributed by atoms with van der Waals surface area (Å²) in [4.78, 5) is 29.2. The van der Waals surface area contributed by atoms with E-state index < -0.39 is 15.8 Å². The minimum absolute atomic E-state index is 0.0465. The number of H-pyrrole nitrogens is 1. The quantitative estimate of drug-likeness (QED) is 0.634. The van der Waals surface area contributed by atoms with Crippen LogP contribution in [-0.2, 0) is 14.6 Å². The van der Waals surface area contributed by atoms with Gasteiger partial charge in [0, 0.05) is 18.3 Å². The largest absolute Gasteiger partial charge is 0.465 e. The van der Waals surface area contributed by atoms with E-state index in [0.717, 1.165) is 0 Å². The van der Waals surface area contributed by atoms with Gasteiger partial charge in [-0.1, -0.05) is 6.08 Å². The molecule has 7 nitrogen and oxygen atoms in total. The Hall–Kier alpha value is -2.09. The van der Waals surface area contributed by atoms with Crippen molar-refractivity contribution in [3.63, 3.8) is 0 Å². The Morgan fingerprint density at radius 3 is 2.58 bits per heavy atom. The number of methoxy groups -OCH3 is 1. The molecule has 132 valence electrons. The van der Waals surface area contributed by atoms with Crippen LogP contribution in [0.5, 0.6) is 0 Å². The molecule has 2 rings (SSSR count). The fourth-order valence-corrected chi connectivity index (χ4v) is 4.80. The van der Waals surface area contributed by atoms with E-state index in [4.69, 9.17) is 4.74 Å². The first-order valence-electron chi connectivity index (χ1n) is 7.61. The molecule has 1 aliphatic heterocycles. The number of aromatic nitrogens is 1. The highest BCUT2D eigenvalue weighted by molar-refractivity contribution is 7.91. The van der Waals surface area contributed by atoms with Crippen molar-refractivity contribution in [3.8, 4) is 0 Å². The van der Waals surface area contributed by atoms with Crippen molar-refractivity contribution in [1.29, 1.82) is 0 Å². The lowest BCUT2D eigenvalue weighted by atomic mass is 10.1. The second kappa shape index (κ2) is 6.80. The normalized spacial score (nSPS) is 19.0. The van der Waals surface area contributed by atoms with E-state index >= 15 is 0 Å². The van der Waals surface area contributed by atoms with Crippen LogP contribution in [0.15, 0.2) is 12.7 Å². The van der Waals surface area contributed by atoms with Gasteiger partial charge in [-0.2, -0.15) is 0 Å². The Morgan fingerprint density at radius 2 is 2.08 bits per heavy atom. The molecular formula is C16H22N2O5S. The topological polar surface area (TPSA) is 96.5 Å². The lowest BCUT2D eigenvalue weighted by Crippen LogP contribution is -2.41. The van der Waals surface area contributed by atoms with Gasteiger partial charge in [0.1, 0.15) is 5.69 Å². The van der Waals surface area contributed by atoms with Crippen molar-refractivity contribution in [2.75, 3.05) is 25.2 Å². The Morgan fingerprint density at radius 1 is 1.42 bits per heavy atom. The SMILES string of the molecule is C=CCN(C(=O)c1[nH]c(C)c(C(=O)OC)c1C)[C@H]1CCS(=O)(=O)C1. The second-order valence-corrected chi connectivity index (χ2v) is 8.15. The van der Waals surface area contributed by atoms with Gasteiger partial charge in [0.2, 0.25) is 0 Å². The molecule has 2 heterocycles. The molecule has 1 N–H and O–H groups in total. The van der Waals surface area contributed by atoms with Crippen LogP contribution >= 0.6 is 0 Å². The first kappa shape index (κ1) is 18.3. The number of aryl methyl sites for hydroxylation is 1. The molecule has 0 aromatic carbocycles. The third-order valence-electron chi connectivity index (χ3n) is 4.28. The monoisotopic (exact) mass is 354 g/mol. The van der Waals surface area contributed by atoms with Gasteiger partial charge >= 0.3 is 5.97 Å². The number of hydrogen-bond acceptors (Lipinski definition) is 5. The van der Waals surface area contributed by atoms with E-state index in [2.05, 4.69) is 11.6 Å². The predicted molar refractivity (Wildman–Crippen MR) is 89.9 cm³/mol. The number of nitrogens with one attached hydrogen (secondary N) is 1. The summed E-state index contributed by atoms with van der Waals surface area (Å²) in [7, 11) is -1.84. The van der Waals surface area contributed by atoms with Gasteiger partial charge in [0.05, 0.1) is 24.2 Å². The number of rotatable bonds is 5. The fourth-order valence-electron chi connectivity index (χ4n) is 3.07. The molecule has 0 unspecified atom stereocenters. The van der Waals surface area contributed by atoms with Crippen LogP contribution in [0.3, 0.4) is 0 Å². The van der Waals surface area contributed by atoms with Gasteiger partial charge in [0.15, 0.2) is 9.84 Å². The molecule has 0 aliphatic carbocycles. The fraction of sp³-hybridized carbons (Fsp3) is 0.500. The minimum Gasteiger partial charge on any atom is -0.465 e. The highest BCUT2D eigenvalue weighted by Gasteiger charge is 2.36. The van der Waals surface area contributed by atoms with Gasteiger partial charge in [-0.3, -0.25) is 4.79 Å². The Balaban J connectivity index is 2.38. The highest BCUT2D eigenvalue weighted by Crippen LogP contribution is 2.24. The average Bonchev–Trinajstić information content (AvgIpc) is 3.02. The standard InChI is InChI=1S/C16H22N2O5S/c1-5-7-18(12-6-8-24(21,22)9-12)15(19)14-10(2)13(11(3)17-14)16(20)23-4/h5,12,17H,1,6-9H2,2-4H3/t12-/m0/s1. The molecule has 1 aromatic heterocycles. The molecule has 1 atom stereocenters. The summed E-state index contributed by atoms with van der Waals surface area (Å²) in [5, 5.41) is 0. The van der Waals surface area contributed by atoms with Crippen molar-refractivity contribution in [2.24, 2.45) is 0 Å². The maximum Gasteiger partial charge on any atom is 0.339 e. The summed E-state index contributed by atoms with van der Waals surface area (Å²) < 4.78 is 28.2. The molecule has 1 amide bonds. The van der Waals surface area contributed by atoms with E-state index in [-0.39, 0.29) is 35.7 Å². The van der Waals surface area contributed by atoms with E-state index in [1.165, 1.54) is 12.0 Å². The number of carbonyl (C=O) groups excluding carboxylic acids is 2. The smallest absolute Gasteiger partial charge is 0.339 e. The van der Waals surface area contributed by atoms with Crippen LogP contribution in [0.1, 0.15) is 38.5 Å². The predicted octanol–water partition coefficient (Wildman–Crippen LogP) is 1.23. The lowest BCUT2D eigenvalue weighted by Gasteiger charge is -2.27. The number of esters is 1. The second-order valence-electron chi connectivity index (χ2n) is 5.92. The zero-order valence-electron chi connectivity index (χ0n) is 14.1. The molecule has 24 heavy (non-hydrogen) atoms. The molecule has 1 saturated heterocycles. The van der Waals surface area contributed by atoms with Crippen LogP contribution < -0.4 is 0 Å². The first-order valence-corrected chi connectivity index (χ1v) is 9.43. The molecule has 0 spiro atoms. The zero-order valence-corrected chi connectivity index (χ0v) is 14.9. The number of ether oxygens (including phenoxy) is 1. The summed E-state index contributed by atoms with van der Waals surface area (Å²) in [6, 6.07) is -0.384. The van der Waals surface area contributed by atoms with Crippen molar-refractivity contribution in [2.45, 2.75) is 26.3 Å². The Bertz CT molecular complexity index is 779. The van der Waals surface area contributed by atoms with Gasteiger partial charge in [-0.05, 0) is 25.8 Å². The van der Waals surface area contributed by atoms with Gasteiger partial charge in [0.25, 0.3) is 5.91 Å². The molecule has 1 aromatic rings. The molecule has 0 radical (unpaired) electrons. The summed E-state index contributed by atoms with van der Waals surface area (Å²) in [6.45, 7) is 7.24. The summed E-state index contributed by atoms with van der Waals surface area (Å²) in [5.74, 6) is -0.823.